The van der Waals surface area contributed by atoms with Gasteiger partial charge in [-0.1, -0.05) is 18.2 Å². The summed E-state index contributed by atoms with van der Waals surface area (Å²) in [4.78, 5) is 22.6. The molecular formula is C21H24N2O7S. The second kappa shape index (κ2) is 9.88. The van der Waals surface area contributed by atoms with Crippen LogP contribution in [0.25, 0.3) is 0 Å². The van der Waals surface area contributed by atoms with Gasteiger partial charge in [-0.05, 0) is 55.9 Å². The highest BCUT2D eigenvalue weighted by Crippen LogP contribution is 2.32. The summed E-state index contributed by atoms with van der Waals surface area (Å²) in [6.45, 7) is 0.300. The number of ether oxygens (including phenoxy) is 2. The van der Waals surface area contributed by atoms with Gasteiger partial charge in [-0.15, -0.1) is 0 Å². The molecule has 2 aromatic rings. The first-order valence-corrected chi connectivity index (χ1v) is 11.3. The highest BCUT2D eigenvalue weighted by Gasteiger charge is 2.26. The predicted molar refractivity (Wildman–Crippen MR) is 112 cm³/mol. The van der Waals surface area contributed by atoms with Crippen LogP contribution in [0.15, 0.2) is 53.4 Å². The Morgan fingerprint density at radius 2 is 1.81 bits per heavy atom. The molecule has 10 heteroatoms. The molecule has 1 N–H and O–H groups in total. The molecule has 1 amide bonds. The molecule has 0 aromatic heterocycles. The number of rotatable bonds is 8. The van der Waals surface area contributed by atoms with Gasteiger partial charge < -0.3 is 9.47 Å². The summed E-state index contributed by atoms with van der Waals surface area (Å²) < 4.78 is 38.0. The molecule has 0 aliphatic heterocycles. The second-order valence-electron chi connectivity index (χ2n) is 7.38. The van der Waals surface area contributed by atoms with Gasteiger partial charge in [0.05, 0.1) is 22.5 Å². The van der Waals surface area contributed by atoms with E-state index in [0.29, 0.717) is 6.61 Å². The molecule has 1 aliphatic carbocycles. The summed E-state index contributed by atoms with van der Waals surface area (Å²) in [5.74, 6) is -0.581. The molecule has 0 atom stereocenters. The van der Waals surface area contributed by atoms with E-state index in [1.807, 2.05) is 4.72 Å². The minimum absolute atomic E-state index is 0.00722. The molecule has 1 saturated carbocycles. The van der Waals surface area contributed by atoms with Crippen LogP contribution in [0, 0.1) is 16.0 Å². The van der Waals surface area contributed by atoms with Crippen LogP contribution in [-0.4, -0.2) is 39.1 Å². The maximum Gasteiger partial charge on any atom is 0.312 e. The smallest absolute Gasteiger partial charge is 0.312 e. The molecule has 31 heavy (non-hydrogen) atoms. The number of methoxy groups -OCH3 is 1. The van der Waals surface area contributed by atoms with E-state index in [-0.39, 0.29) is 23.3 Å². The highest BCUT2D eigenvalue weighted by atomic mass is 32.2. The maximum atomic E-state index is 12.6. The Kier molecular flexibility index (Phi) is 7.24. The van der Waals surface area contributed by atoms with Crippen LogP contribution in [-0.2, 0) is 14.8 Å². The lowest BCUT2D eigenvalue weighted by molar-refractivity contribution is -0.386. The fourth-order valence-electron chi connectivity index (χ4n) is 3.50. The first-order chi connectivity index (χ1) is 14.8. The Hall–Kier alpha value is -2.98. The van der Waals surface area contributed by atoms with E-state index < -0.39 is 31.4 Å². The topological polar surface area (TPSA) is 125 Å². The van der Waals surface area contributed by atoms with Gasteiger partial charge in [0.2, 0.25) is 0 Å². The van der Waals surface area contributed by atoms with Crippen LogP contribution in [0.1, 0.15) is 36.0 Å². The first-order valence-electron chi connectivity index (χ1n) is 9.86. The van der Waals surface area contributed by atoms with Gasteiger partial charge >= 0.3 is 5.69 Å². The van der Waals surface area contributed by atoms with E-state index >= 15 is 0 Å². The number of nitrogens with one attached hydrogen (secondary N) is 1. The number of hydrogen-bond acceptors (Lipinski definition) is 7. The quantitative estimate of drug-likeness (QED) is 0.485. The van der Waals surface area contributed by atoms with Crippen molar-refractivity contribution in [3.05, 3.63) is 64.2 Å². The Morgan fingerprint density at radius 3 is 2.42 bits per heavy atom. The summed E-state index contributed by atoms with van der Waals surface area (Å²) in [5.41, 5.74) is -0.315. The predicted octanol–water partition coefficient (Wildman–Crippen LogP) is 3.30. The van der Waals surface area contributed by atoms with Crippen LogP contribution in [0.5, 0.6) is 5.75 Å². The zero-order valence-corrected chi connectivity index (χ0v) is 17.8. The van der Waals surface area contributed by atoms with E-state index in [1.165, 1.54) is 24.3 Å². The van der Waals surface area contributed by atoms with Gasteiger partial charge in [-0.3, -0.25) is 14.9 Å². The van der Waals surface area contributed by atoms with Gasteiger partial charge in [0.1, 0.15) is 0 Å². The number of nitrogens with zero attached hydrogens (tertiary/aromatic N) is 1. The number of nitro benzene ring substituents is 1. The van der Waals surface area contributed by atoms with E-state index in [1.54, 1.807) is 25.3 Å². The van der Waals surface area contributed by atoms with Crippen LogP contribution in [0.3, 0.4) is 0 Å². The van der Waals surface area contributed by atoms with Crippen molar-refractivity contribution in [2.45, 2.75) is 36.7 Å². The average molecular weight is 448 g/mol. The summed E-state index contributed by atoms with van der Waals surface area (Å²) in [6, 6.07) is 11.1. The first kappa shape index (κ1) is 22.7. The second-order valence-corrected chi connectivity index (χ2v) is 9.06. The lowest BCUT2D eigenvalue weighted by atomic mass is 9.88. The molecule has 2 aromatic carbocycles. The van der Waals surface area contributed by atoms with Crippen molar-refractivity contribution in [3.8, 4) is 5.75 Å². The number of benzene rings is 2. The van der Waals surface area contributed by atoms with E-state index in [0.717, 1.165) is 31.7 Å². The molecule has 0 unspecified atom stereocenters. The molecule has 0 heterocycles. The Labute approximate surface area is 180 Å². The number of carbonyl (C=O) groups excluding carboxylic acids is 1. The SMILES string of the molecule is COC1CCC(COc2ccc(S(=O)(=O)NC(=O)c3ccccc3)cc2[N+](=O)[O-])CC1. The third kappa shape index (κ3) is 5.80. The van der Waals surface area contributed by atoms with Crippen molar-refractivity contribution < 1.29 is 27.6 Å². The van der Waals surface area contributed by atoms with Crippen LogP contribution >= 0.6 is 0 Å². The molecule has 0 radical (unpaired) electrons. The summed E-state index contributed by atoms with van der Waals surface area (Å²) >= 11 is 0. The number of hydrogen-bond donors (Lipinski definition) is 1. The van der Waals surface area contributed by atoms with E-state index in [4.69, 9.17) is 9.47 Å². The minimum Gasteiger partial charge on any atom is -0.487 e. The molecule has 1 fully saturated rings. The van der Waals surface area contributed by atoms with Gasteiger partial charge in [0.25, 0.3) is 15.9 Å². The molecule has 9 nitrogen and oxygen atoms in total. The van der Waals surface area contributed by atoms with Crippen molar-refractivity contribution in [3.63, 3.8) is 0 Å². The number of nitro groups is 1. The minimum atomic E-state index is -4.30. The Bertz CT molecular complexity index is 1030. The van der Waals surface area contributed by atoms with Crippen LogP contribution in [0.4, 0.5) is 5.69 Å². The van der Waals surface area contributed by atoms with Gasteiger partial charge in [-0.25, -0.2) is 13.1 Å². The van der Waals surface area contributed by atoms with Crippen molar-refractivity contribution in [2.75, 3.05) is 13.7 Å². The van der Waals surface area contributed by atoms with Crippen molar-refractivity contribution in [1.82, 2.24) is 4.72 Å². The fourth-order valence-corrected chi connectivity index (χ4v) is 4.49. The van der Waals surface area contributed by atoms with Gasteiger partial charge in [0, 0.05) is 18.7 Å². The molecule has 0 saturated heterocycles. The van der Waals surface area contributed by atoms with Crippen molar-refractivity contribution in [2.24, 2.45) is 5.92 Å². The molecule has 0 spiro atoms. The lowest BCUT2D eigenvalue weighted by Gasteiger charge is -2.27. The molecular weight excluding hydrogens is 424 g/mol. The van der Waals surface area contributed by atoms with Gasteiger partial charge in [0.15, 0.2) is 5.75 Å². The Balaban J connectivity index is 1.72. The zero-order valence-electron chi connectivity index (χ0n) is 17.0. The van der Waals surface area contributed by atoms with Crippen molar-refractivity contribution in [1.29, 1.82) is 0 Å². The monoisotopic (exact) mass is 448 g/mol. The molecule has 3 rings (SSSR count). The van der Waals surface area contributed by atoms with Gasteiger partial charge in [-0.2, -0.15) is 0 Å². The van der Waals surface area contributed by atoms with Crippen LogP contribution < -0.4 is 9.46 Å². The highest BCUT2D eigenvalue weighted by molar-refractivity contribution is 7.90. The summed E-state index contributed by atoms with van der Waals surface area (Å²) in [6.07, 6.45) is 3.84. The number of amides is 1. The third-order valence-corrected chi connectivity index (χ3v) is 6.63. The molecule has 166 valence electrons. The largest absolute Gasteiger partial charge is 0.487 e. The molecule has 1 aliphatic rings. The number of sulfonamides is 1. The normalized spacial score (nSPS) is 18.9. The Morgan fingerprint density at radius 1 is 1.13 bits per heavy atom. The van der Waals surface area contributed by atoms with Crippen LogP contribution in [0.2, 0.25) is 0 Å². The third-order valence-electron chi connectivity index (χ3n) is 5.30. The fraction of sp³-hybridized carbons (Fsp3) is 0.381. The standard InChI is InChI=1S/C21H24N2O7S/c1-29-17-9-7-15(8-10-17)14-30-20-12-11-18(13-19(20)23(25)26)31(27,28)22-21(24)16-5-3-2-4-6-16/h2-6,11-13,15,17H,7-10,14H2,1H3,(H,22,24). The van der Waals surface area contributed by atoms with E-state index in [9.17, 15) is 23.3 Å². The summed E-state index contributed by atoms with van der Waals surface area (Å²) in [5, 5.41) is 11.5. The van der Waals surface area contributed by atoms with Crippen molar-refractivity contribution >= 4 is 21.6 Å². The number of carbonyl (C=O) groups is 1. The molecule has 0 bridgehead atoms. The maximum absolute atomic E-state index is 12.6. The lowest BCUT2D eigenvalue weighted by Crippen LogP contribution is -2.30. The van der Waals surface area contributed by atoms with E-state index in [2.05, 4.69) is 0 Å². The zero-order chi connectivity index (χ0) is 22.4. The average Bonchev–Trinajstić information content (AvgIpc) is 2.78. The summed E-state index contributed by atoms with van der Waals surface area (Å²) in [7, 11) is -2.62.